The molecule has 0 aromatic carbocycles. The molecule has 3 unspecified atom stereocenters. The van der Waals surface area contributed by atoms with Gasteiger partial charge in [-0.2, -0.15) is 0 Å². The third-order valence-electron chi connectivity index (χ3n) is 7.66. The summed E-state index contributed by atoms with van der Waals surface area (Å²) in [5.74, 6) is -2.73. The van der Waals surface area contributed by atoms with Gasteiger partial charge in [0.05, 0.1) is 18.8 Å². The van der Waals surface area contributed by atoms with Gasteiger partial charge in [-0.3, -0.25) is 24.0 Å². The van der Waals surface area contributed by atoms with Gasteiger partial charge in [0, 0.05) is 14.0 Å². The zero-order chi connectivity index (χ0) is 30.2. The van der Waals surface area contributed by atoms with E-state index in [2.05, 4.69) is 16.0 Å². The Morgan fingerprint density at radius 1 is 0.872 bits per heavy atom. The number of aliphatic hydroxyl groups excluding tert-OH is 1. The number of amides is 4. The van der Waals surface area contributed by atoms with Crippen LogP contribution in [0.3, 0.4) is 0 Å². The topological polar surface area (TPSA) is 157 Å². The van der Waals surface area contributed by atoms with E-state index >= 15 is 0 Å². The summed E-state index contributed by atoms with van der Waals surface area (Å²) in [5, 5.41) is 18.5. The van der Waals surface area contributed by atoms with Gasteiger partial charge in [-0.25, -0.2) is 0 Å². The predicted octanol–water partition coefficient (Wildman–Crippen LogP) is 1.16. The molecule has 0 aliphatic carbocycles. The molecule has 0 spiro atoms. The molecule has 0 radical (unpaired) electrons. The molecule has 8 atom stereocenters. The van der Waals surface area contributed by atoms with Gasteiger partial charge in [0.1, 0.15) is 23.7 Å². The number of epoxide rings is 1. The van der Waals surface area contributed by atoms with Gasteiger partial charge in [-0.15, -0.1) is 0 Å². The summed E-state index contributed by atoms with van der Waals surface area (Å²) in [5.41, 5.74) is -0.943. The maximum absolute atomic E-state index is 13.4. The van der Waals surface area contributed by atoms with E-state index in [1.54, 1.807) is 20.9 Å². The molecule has 11 nitrogen and oxygen atoms in total. The highest BCUT2D eigenvalue weighted by Crippen LogP contribution is 2.29. The van der Waals surface area contributed by atoms with Crippen molar-refractivity contribution in [3.05, 3.63) is 0 Å². The Morgan fingerprint density at radius 2 is 1.36 bits per heavy atom. The highest BCUT2D eigenvalue weighted by Gasteiger charge is 2.50. The number of nitrogens with zero attached hydrogens (tertiary/aromatic N) is 1. The van der Waals surface area contributed by atoms with Crippen molar-refractivity contribution >= 4 is 29.4 Å². The largest absolute Gasteiger partial charge is 0.391 e. The molecule has 11 heteroatoms. The van der Waals surface area contributed by atoms with E-state index in [9.17, 15) is 29.1 Å². The van der Waals surface area contributed by atoms with Crippen LogP contribution < -0.4 is 16.0 Å². The standard InChI is InChI=1S/C28H50N4O7/c1-11-16(5)21(30-27(38)23(17(6)12-2)32(10)19(8)34)25(36)31-22(18(7)33)26(37)29-20(13-15(3)4)24(35)28(9)14-39-28/h15-18,20-23,33H,11-14H2,1-10H3,(H,29,37)(H,30,38)(H,31,36)/t16?,17?,18?,20-,21-,22-,23-,28+/m0/s1. The average molecular weight is 555 g/mol. The van der Waals surface area contributed by atoms with Gasteiger partial charge in [0.25, 0.3) is 0 Å². The fraction of sp³-hybridized carbons (Fsp3) is 0.821. The molecular weight excluding hydrogens is 504 g/mol. The van der Waals surface area contributed by atoms with Crippen LogP contribution >= 0.6 is 0 Å². The first-order valence-electron chi connectivity index (χ1n) is 14.0. The van der Waals surface area contributed by atoms with E-state index in [4.69, 9.17) is 4.74 Å². The van der Waals surface area contributed by atoms with Gasteiger partial charge in [0.2, 0.25) is 23.6 Å². The molecule has 1 heterocycles. The molecule has 1 fully saturated rings. The number of ether oxygens (including phenoxy) is 1. The van der Waals surface area contributed by atoms with Crippen molar-refractivity contribution < 1.29 is 33.8 Å². The SMILES string of the molecule is CCC(C)[C@H](NC(=O)[C@H](C(C)CC)N(C)C(C)=O)C(=O)N[C@H](C(=O)N[C@@H](CC(C)C)C(=O)[C@@]1(C)CO1)C(C)O. The van der Waals surface area contributed by atoms with Gasteiger partial charge in [0.15, 0.2) is 5.78 Å². The number of ketones is 1. The molecule has 0 aromatic heterocycles. The molecule has 4 amide bonds. The van der Waals surface area contributed by atoms with Crippen molar-refractivity contribution in [3.63, 3.8) is 0 Å². The number of hydrogen-bond acceptors (Lipinski definition) is 7. The van der Waals surface area contributed by atoms with Crippen molar-refractivity contribution in [2.45, 2.75) is 117 Å². The molecule has 0 bridgehead atoms. The van der Waals surface area contributed by atoms with Crippen molar-refractivity contribution in [3.8, 4) is 0 Å². The maximum Gasteiger partial charge on any atom is 0.245 e. The Balaban J connectivity index is 3.15. The lowest BCUT2D eigenvalue weighted by Crippen LogP contribution is -2.62. The number of hydrogen-bond donors (Lipinski definition) is 4. The fourth-order valence-electron chi connectivity index (χ4n) is 4.41. The Morgan fingerprint density at radius 3 is 1.77 bits per heavy atom. The van der Waals surface area contributed by atoms with Crippen LogP contribution in [0.4, 0.5) is 0 Å². The second-order valence-electron chi connectivity index (χ2n) is 11.6. The van der Waals surface area contributed by atoms with Crippen LogP contribution in [0.15, 0.2) is 0 Å². The summed E-state index contributed by atoms with van der Waals surface area (Å²) in [6.45, 7) is 16.0. The van der Waals surface area contributed by atoms with E-state index in [-0.39, 0.29) is 36.1 Å². The molecule has 0 saturated carbocycles. The molecule has 4 N–H and O–H groups in total. The second-order valence-corrected chi connectivity index (χ2v) is 11.6. The normalized spacial score (nSPS) is 21.9. The lowest BCUT2D eigenvalue weighted by atomic mass is 9.92. The molecular formula is C28H50N4O7. The van der Waals surface area contributed by atoms with Gasteiger partial charge in [-0.1, -0.05) is 54.4 Å². The zero-order valence-electron chi connectivity index (χ0n) is 25.3. The van der Waals surface area contributed by atoms with Crippen LogP contribution in [0.5, 0.6) is 0 Å². The average Bonchev–Trinajstić information content (AvgIpc) is 3.61. The van der Waals surface area contributed by atoms with Gasteiger partial charge in [-0.05, 0) is 38.0 Å². The number of aliphatic hydroxyl groups is 1. The maximum atomic E-state index is 13.4. The lowest BCUT2D eigenvalue weighted by Gasteiger charge is -2.34. The Kier molecular flexibility index (Phi) is 13.0. The van der Waals surface area contributed by atoms with Crippen LogP contribution in [0.2, 0.25) is 0 Å². The first-order chi connectivity index (χ1) is 18.0. The monoisotopic (exact) mass is 554 g/mol. The Bertz CT molecular complexity index is 887. The van der Waals surface area contributed by atoms with Crippen LogP contribution in [0.1, 0.15) is 81.6 Å². The summed E-state index contributed by atoms with van der Waals surface area (Å²) in [7, 11) is 1.55. The van der Waals surface area contributed by atoms with Gasteiger partial charge >= 0.3 is 0 Å². The third-order valence-corrected chi connectivity index (χ3v) is 7.66. The minimum atomic E-state index is -1.36. The van der Waals surface area contributed by atoms with Gasteiger partial charge < -0.3 is 30.7 Å². The van der Waals surface area contributed by atoms with Crippen LogP contribution in [-0.4, -0.2) is 88.9 Å². The Hall–Kier alpha value is -2.53. The predicted molar refractivity (Wildman–Crippen MR) is 147 cm³/mol. The molecule has 1 rings (SSSR count). The molecule has 0 aromatic rings. The van der Waals surface area contributed by atoms with Crippen molar-refractivity contribution in [2.24, 2.45) is 17.8 Å². The quantitative estimate of drug-likeness (QED) is 0.209. The number of nitrogens with one attached hydrogen (secondary N) is 3. The van der Waals surface area contributed by atoms with E-state index in [0.717, 1.165) is 0 Å². The molecule has 224 valence electrons. The van der Waals surface area contributed by atoms with Crippen molar-refractivity contribution in [1.29, 1.82) is 0 Å². The summed E-state index contributed by atoms with van der Waals surface area (Å²) >= 11 is 0. The number of Topliss-reactive ketones (excluding diaryl/α,β-unsaturated/α-hetero) is 1. The van der Waals surface area contributed by atoms with Crippen LogP contribution in [0.25, 0.3) is 0 Å². The number of carbonyl (C=O) groups excluding carboxylic acids is 5. The minimum absolute atomic E-state index is 0.0952. The lowest BCUT2D eigenvalue weighted by molar-refractivity contribution is -0.141. The smallest absolute Gasteiger partial charge is 0.245 e. The first kappa shape index (κ1) is 34.5. The highest BCUT2D eigenvalue weighted by molar-refractivity contribution is 5.99. The molecule has 1 aliphatic heterocycles. The fourth-order valence-corrected chi connectivity index (χ4v) is 4.41. The summed E-state index contributed by atoms with van der Waals surface area (Å²) in [4.78, 5) is 66.4. The molecule has 1 saturated heterocycles. The van der Waals surface area contributed by atoms with E-state index in [1.807, 2.05) is 34.6 Å². The van der Waals surface area contributed by atoms with E-state index in [0.29, 0.717) is 19.3 Å². The van der Waals surface area contributed by atoms with Crippen molar-refractivity contribution in [2.75, 3.05) is 13.7 Å². The van der Waals surface area contributed by atoms with Crippen LogP contribution in [-0.2, 0) is 28.7 Å². The minimum Gasteiger partial charge on any atom is -0.391 e. The van der Waals surface area contributed by atoms with E-state index < -0.39 is 53.6 Å². The Labute approximate surface area is 233 Å². The van der Waals surface area contributed by atoms with Crippen molar-refractivity contribution in [1.82, 2.24) is 20.9 Å². The third kappa shape index (κ3) is 9.56. The number of likely N-dealkylation sites (N-methyl/N-ethyl adjacent to an activating group) is 1. The molecule has 1 aliphatic rings. The summed E-state index contributed by atoms with van der Waals surface area (Å²) < 4.78 is 5.27. The summed E-state index contributed by atoms with van der Waals surface area (Å²) in [6, 6.07) is -4.00. The molecule has 39 heavy (non-hydrogen) atoms. The summed E-state index contributed by atoms with van der Waals surface area (Å²) in [6.07, 6.45) is 0.280. The number of rotatable bonds is 16. The van der Waals surface area contributed by atoms with Crippen LogP contribution in [0, 0.1) is 17.8 Å². The zero-order valence-corrected chi connectivity index (χ0v) is 25.3. The highest BCUT2D eigenvalue weighted by atomic mass is 16.6. The second kappa shape index (κ2) is 14.7. The van der Waals surface area contributed by atoms with E-state index in [1.165, 1.54) is 18.7 Å². The first-order valence-corrected chi connectivity index (χ1v) is 14.0. The number of carbonyl (C=O) groups is 5.